The molecule has 1 aromatic heterocycles. The lowest BCUT2D eigenvalue weighted by Gasteiger charge is -2.34. The third kappa shape index (κ3) is 4.60. The quantitative estimate of drug-likeness (QED) is 0.778. The maximum Gasteiger partial charge on any atom is 0.290 e. The fourth-order valence-electron chi connectivity index (χ4n) is 3.17. The summed E-state index contributed by atoms with van der Waals surface area (Å²) in [5.41, 5.74) is 1.21. The summed E-state index contributed by atoms with van der Waals surface area (Å²) < 4.78 is 5.16. The zero-order chi connectivity index (χ0) is 19.9. The minimum atomic E-state index is -0.621. The maximum atomic E-state index is 12.6. The first kappa shape index (κ1) is 19.2. The summed E-state index contributed by atoms with van der Waals surface area (Å²) in [4.78, 5) is 38.8. The molecule has 3 amide bonds. The molecular formula is C21H21N3O4. The molecule has 0 unspecified atom stereocenters. The summed E-state index contributed by atoms with van der Waals surface area (Å²) in [6, 6.07) is 9.46. The Balaban J connectivity index is 1.57. The monoisotopic (exact) mass is 379 g/mol. The summed E-state index contributed by atoms with van der Waals surface area (Å²) in [7, 11) is 0. The van der Waals surface area contributed by atoms with Gasteiger partial charge in [-0.1, -0.05) is 12.0 Å². The molecule has 1 fully saturated rings. The van der Waals surface area contributed by atoms with Gasteiger partial charge in [0.15, 0.2) is 5.76 Å². The largest absolute Gasteiger partial charge is 0.459 e. The van der Waals surface area contributed by atoms with E-state index in [2.05, 4.69) is 16.6 Å². The van der Waals surface area contributed by atoms with Crippen molar-refractivity contribution in [2.75, 3.05) is 18.4 Å². The van der Waals surface area contributed by atoms with E-state index < -0.39 is 6.04 Å². The molecular weight excluding hydrogens is 358 g/mol. The minimum Gasteiger partial charge on any atom is -0.459 e. The predicted octanol–water partition coefficient (Wildman–Crippen LogP) is 2.01. The van der Waals surface area contributed by atoms with Gasteiger partial charge in [0.25, 0.3) is 5.91 Å². The standard InChI is InChI=1S/C21H21N3O4/c1-2-15-7-5-8-16(13-15)23-19(25)14-22-20(26)17-9-3-4-11-24(17)21(27)18-10-6-12-28-18/h1,5-8,10,12-13,17H,3-4,9,11,14H2,(H,22,26)(H,23,25)/t17-/m1/s1. The first-order valence-corrected chi connectivity index (χ1v) is 9.07. The molecule has 7 nitrogen and oxygen atoms in total. The molecule has 144 valence electrons. The highest BCUT2D eigenvalue weighted by atomic mass is 16.3. The molecule has 2 aromatic rings. The summed E-state index contributed by atoms with van der Waals surface area (Å²) >= 11 is 0. The summed E-state index contributed by atoms with van der Waals surface area (Å²) in [5, 5.41) is 5.30. The second-order valence-electron chi connectivity index (χ2n) is 6.48. The van der Waals surface area contributed by atoms with Crippen molar-refractivity contribution in [2.45, 2.75) is 25.3 Å². The number of nitrogens with one attached hydrogen (secondary N) is 2. The number of likely N-dealkylation sites (tertiary alicyclic amines) is 1. The lowest BCUT2D eigenvalue weighted by molar-refractivity contribution is -0.128. The fraction of sp³-hybridized carbons (Fsp3) is 0.286. The predicted molar refractivity (Wildman–Crippen MR) is 103 cm³/mol. The van der Waals surface area contributed by atoms with Crippen molar-refractivity contribution in [3.05, 3.63) is 54.0 Å². The molecule has 2 heterocycles. The zero-order valence-corrected chi connectivity index (χ0v) is 15.3. The van der Waals surface area contributed by atoms with Crippen LogP contribution in [0.3, 0.4) is 0 Å². The highest BCUT2D eigenvalue weighted by Crippen LogP contribution is 2.20. The molecule has 1 aliphatic heterocycles. The fourth-order valence-corrected chi connectivity index (χ4v) is 3.17. The van der Waals surface area contributed by atoms with E-state index in [4.69, 9.17) is 10.8 Å². The van der Waals surface area contributed by atoms with E-state index >= 15 is 0 Å². The summed E-state index contributed by atoms with van der Waals surface area (Å²) in [5.74, 6) is 1.65. The number of piperidine rings is 1. The normalized spacial score (nSPS) is 16.1. The van der Waals surface area contributed by atoms with Gasteiger partial charge in [-0.2, -0.15) is 0 Å². The second-order valence-corrected chi connectivity index (χ2v) is 6.48. The number of carbonyl (C=O) groups is 3. The maximum absolute atomic E-state index is 12.6. The number of hydrogen-bond acceptors (Lipinski definition) is 4. The molecule has 1 atom stereocenters. The lowest BCUT2D eigenvalue weighted by Crippen LogP contribution is -2.52. The average molecular weight is 379 g/mol. The van der Waals surface area contributed by atoms with Crippen LogP contribution in [0.25, 0.3) is 0 Å². The third-order valence-corrected chi connectivity index (χ3v) is 4.53. The molecule has 0 bridgehead atoms. The van der Waals surface area contributed by atoms with Crippen LogP contribution in [0, 0.1) is 12.3 Å². The number of amides is 3. The van der Waals surface area contributed by atoms with Gasteiger partial charge in [-0.3, -0.25) is 14.4 Å². The van der Waals surface area contributed by atoms with Gasteiger partial charge in [0.2, 0.25) is 11.8 Å². The third-order valence-electron chi connectivity index (χ3n) is 4.53. The Morgan fingerprint density at radius 3 is 2.82 bits per heavy atom. The molecule has 28 heavy (non-hydrogen) atoms. The number of carbonyl (C=O) groups excluding carboxylic acids is 3. The average Bonchev–Trinajstić information content (AvgIpc) is 3.26. The minimum absolute atomic E-state index is 0.196. The molecule has 3 rings (SSSR count). The van der Waals surface area contributed by atoms with Gasteiger partial charge in [0.05, 0.1) is 12.8 Å². The van der Waals surface area contributed by atoms with Crippen LogP contribution in [0.1, 0.15) is 35.4 Å². The molecule has 1 aromatic carbocycles. The number of furan rings is 1. The van der Waals surface area contributed by atoms with Crippen LogP contribution < -0.4 is 10.6 Å². The van der Waals surface area contributed by atoms with Gasteiger partial charge in [0, 0.05) is 17.8 Å². The topological polar surface area (TPSA) is 91.7 Å². The van der Waals surface area contributed by atoms with E-state index in [0.717, 1.165) is 12.8 Å². The van der Waals surface area contributed by atoms with Crippen LogP contribution >= 0.6 is 0 Å². The van der Waals surface area contributed by atoms with Crippen molar-refractivity contribution in [2.24, 2.45) is 0 Å². The van der Waals surface area contributed by atoms with Crippen LogP contribution in [0.2, 0.25) is 0 Å². The molecule has 7 heteroatoms. The van der Waals surface area contributed by atoms with Crippen LogP contribution in [-0.4, -0.2) is 41.8 Å². The molecule has 0 aliphatic carbocycles. The Hall–Kier alpha value is -3.53. The molecule has 2 N–H and O–H groups in total. The van der Waals surface area contributed by atoms with E-state index in [1.165, 1.54) is 11.2 Å². The van der Waals surface area contributed by atoms with Crippen molar-refractivity contribution in [3.8, 4) is 12.3 Å². The zero-order valence-electron chi connectivity index (χ0n) is 15.3. The Morgan fingerprint density at radius 2 is 2.07 bits per heavy atom. The van der Waals surface area contributed by atoms with Gasteiger partial charge in [0.1, 0.15) is 6.04 Å². The van der Waals surface area contributed by atoms with Crippen molar-refractivity contribution in [1.82, 2.24) is 10.2 Å². The molecule has 0 radical (unpaired) electrons. The van der Waals surface area contributed by atoms with E-state index in [1.54, 1.807) is 36.4 Å². The van der Waals surface area contributed by atoms with Gasteiger partial charge >= 0.3 is 0 Å². The second kappa shape index (κ2) is 8.91. The number of anilines is 1. The van der Waals surface area contributed by atoms with Gasteiger partial charge < -0.3 is 20.0 Å². The number of benzene rings is 1. The highest BCUT2D eigenvalue weighted by molar-refractivity contribution is 5.98. The first-order valence-electron chi connectivity index (χ1n) is 9.07. The molecule has 1 aliphatic rings. The molecule has 0 saturated carbocycles. The summed E-state index contributed by atoms with van der Waals surface area (Å²) in [6.07, 6.45) is 8.97. The van der Waals surface area contributed by atoms with Crippen molar-refractivity contribution in [1.29, 1.82) is 0 Å². The van der Waals surface area contributed by atoms with E-state index in [-0.39, 0.29) is 30.0 Å². The Labute approximate surface area is 163 Å². The number of rotatable bonds is 5. The van der Waals surface area contributed by atoms with Crippen LogP contribution in [0.4, 0.5) is 5.69 Å². The van der Waals surface area contributed by atoms with Gasteiger partial charge in [-0.05, 0) is 49.6 Å². The van der Waals surface area contributed by atoms with Crippen LogP contribution in [0.5, 0.6) is 0 Å². The van der Waals surface area contributed by atoms with Gasteiger partial charge in [-0.25, -0.2) is 0 Å². The Kier molecular flexibility index (Phi) is 6.12. The number of terminal acetylenes is 1. The first-order chi connectivity index (χ1) is 13.6. The Bertz CT molecular complexity index is 899. The molecule has 0 spiro atoms. The highest BCUT2D eigenvalue weighted by Gasteiger charge is 2.33. The van der Waals surface area contributed by atoms with Gasteiger partial charge in [-0.15, -0.1) is 6.42 Å². The van der Waals surface area contributed by atoms with Crippen LogP contribution in [-0.2, 0) is 9.59 Å². The van der Waals surface area contributed by atoms with E-state index in [9.17, 15) is 14.4 Å². The van der Waals surface area contributed by atoms with E-state index in [0.29, 0.717) is 24.2 Å². The van der Waals surface area contributed by atoms with E-state index in [1.807, 2.05) is 0 Å². The van der Waals surface area contributed by atoms with Crippen molar-refractivity contribution < 1.29 is 18.8 Å². The smallest absolute Gasteiger partial charge is 0.290 e. The lowest BCUT2D eigenvalue weighted by atomic mass is 10.0. The number of hydrogen-bond donors (Lipinski definition) is 2. The molecule has 1 saturated heterocycles. The Morgan fingerprint density at radius 1 is 1.21 bits per heavy atom. The SMILES string of the molecule is C#Cc1cccc(NC(=O)CNC(=O)[C@H]2CCCCN2C(=O)c2ccco2)c1. The summed E-state index contributed by atoms with van der Waals surface area (Å²) in [6.45, 7) is 0.279. The van der Waals surface area contributed by atoms with Crippen LogP contribution in [0.15, 0.2) is 47.1 Å². The van der Waals surface area contributed by atoms with Crippen molar-refractivity contribution in [3.63, 3.8) is 0 Å². The van der Waals surface area contributed by atoms with Crippen molar-refractivity contribution >= 4 is 23.4 Å². The number of nitrogens with zero attached hydrogens (tertiary/aromatic N) is 1.